The van der Waals surface area contributed by atoms with E-state index in [9.17, 15) is 9.18 Å². The van der Waals surface area contributed by atoms with Crippen LogP contribution in [0.1, 0.15) is 10.4 Å². The van der Waals surface area contributed by atoms with Gasteiger partial charge in [-0.15, -0.1) is 10.2 Å². The van der Waals surface area contributed by atoms with Crippen molar-refractivity contribution in [2.75, 3.05) is 12.0 Å². The van der Waals surface area contributed by atoms with E-state index in [2.05, 4.69) is 31.0 Å². The molecule has 4 N–H and O–H groups in total. The lowest BCUT2D eigenvalue weighted by molar-refractivity contribution is 0.0959. The number of aromatic nitrogens is 1. The molecule has 126 valence electrons. The zero-order chi connectivity index (χ0) is 17.6. The molecule has 2 aromatic rings. The third kappa shape index (κ3) is 4.02. The van der Waals surface area contributed by atoms with Crippen LogP contribution in [0.2, 0.25) is 0 Å². The van der Waals surface area contributed by atoms with Crippen molar-refractivity contribution in [2.24, 2.45) is 21.0 Å². The summed E-state index contributed by atoms with van der Waals surface area (Å²) in [6, 6.07) is 9.00. The van der Waals surface area contributed by atoms with E-state index in [1.807, 2.05) is 0 Å². The Kier molecular flexibility index (Phi) is 4.74. The summed E-state index contributed by atoms with van der Waals surface area (Å²) < 4.78 is 13.2. The molecule has 0 aliphatic carbocycles. The molecule has 0 unspecified atom stereocenters. The number of hydrogen-bond acceptors (Lipinski definition) is 7. The highest BCUT2D eigenvalue weighted by molar-refractivity contribution is 6.70. The number of halogens is 1. The topological polar surface area (TPSA) is 117 Å². The number of nitrogens with zero attached hydrogens (tertiary/aromatic N) is 4. The van der Waals surface area contributed by atoms with Crippen LogP contribution >= 0.6 is 0 Å². The van der Waals surface area contributed by atoms with E-state index in [1.54, 1.807) is 24.3 Å². The number of nitrogens with two attached hydrogens (primary N) is 1. The van der Waals surface area contributed by atoms with Crippen LogP contribution in [-0.4, -0.2) is 34.7 Å². The zero-order valence-electron chi connectivity index (χ0n) is 13.0. The quantitative estimate of drug-likeness (QED) is 0.708. The molecule has 0 fully saturated rings. The van der Waals surface area contributed by atoms with E-state index in [0.717, 1.165) is 0 Å². The van der Waals surface area contributed by atoms with Crippen LogP contribution < -0.4 is 16.5 Å². The van der Waals surface area contributed by atoms with Crippen LogP contribution in [0.15, 0.2) is 64.1 Å². The molecule has 0 spiro atoms. The van der Waals surface area contributed by atoms with Crippen LogP contribution in [0, 0.1) is 5.82 Å². The van der Waals surface area contributed by atoms with Gasteiger partial charge in [0.05, 0.1) is 12.2 Å². The minimum absolute atomic E-state index is 0.0923. The fourth-order valence-electron chi connectivity index (χ4n) is 2.05. The van der Waals surface area contributed by atoms with Crippen LogP contribution in [-0.2, 0) is 0 Å². The lowest BCUT2D eigenvalue weighted by Crippen LogP contribution is -2.37. The van der Waals surface area contributed by atoms with E-state index in [-0.39, 0.29) is 18.3 Å². The Labute approximate surface area is 142 Å². The standard InChI is InChI=1S/C16H14FN7O/c17-11-2-1-3-12(8-11)21-23-14-13(22-24-15(14)18)9-20-16(25)10-4-6-19-7-5-10/h1-8,21H,9H2,(H,20,25)(H2,18,23,24). The van der Waals surface area contributed by atoms with Crippen LogP contribution in [0.3, 0.4) is 0 Å². The molecule has 0 bridgehead atoms. The number of anilines is 1. The maximum atomic E-state index is 13.2. The first-order valence-corrected chi connectivity index (χ1v) is 7.32. The molecule has 9 heteroatoms. The van der Waals surface area contributed by atoms with Gasteiger partial charge in [-0.05, 0) is 30.3 Å². The number of carbonyl (C=O) groups excluding carboxylic acids is 1. The first kappa shape index (κ1) is 16.2. The summed E-state index contributed by atoms with van der Waals surface area (Å²) in [7, 11) is 0. The number of amides is 1. The second-order valence-electron chi connectivity index (χ2n) is 5.03. The van der Waals surface area contributed by atoms with Crippen molar-refractivity contribution in [1.29, 1.82) is 0 Å². The molecule has 0 radical (unpaired) electrons. The predicted molar refractivity (Wildman–Crippen MR) is 93.1 cm³/mol. The van der Waals surface area contributed by atoms with Gasteiger partial charge in [0.15, 0.2) is 11.5 Å². The molecular weight excluding hydrogens is 325 g/mol. The van der Waals surface area contributed by atoms with Crippen molar-refractivity contribution in [3.63, 3.8) is 0 Å². The Morgan fingerprint density at radius 2 is 2.00 bits per heavy atom. The average molecular weight is 339 g/mol. The van der Waals surface area contributed by atoms with Crippen molar-refractivity contribution >= 4 is 28.9 Å². The Balaban J connectivity index is 1.65. The monoisotopic (exact) mass is 339 g/mol. The molecule has 1 aromatic heterocycles. The van der Waals surface area contributed by atoms with Crippen molar-refractivity contribution in [3.8, 4) is 0 Å². The van der Waals surface area contributed by atoms with E-state index < -0.39 is 5.82 Å². The van der Waals surface area contributed by atoms with Gasteiger partial charge < -0.3 is 11.1 Å². The summed E-state index contributed by atoms with van der Waals surface area (Å²) in [4.78, 5) is 15.9. The summed E-state index contributed by atoms with van der Waals surface area (Å²) in [5, 5.41) is 14.5. The van der Waals surface area contributed by atoms with Crippen LogP contribution in [0.5, 0.6) is 0 Å². The minimum atomic E-state index is -0.392. The number of amidine groups is 1. The predicted octanol–water partition coefficient (Wildman–Crippen LogP) is 1.15. The lowest BCUT2D eigenvalue weighted by atomic mass is 10.2. The fraction of sp³-hybridized carbons (Fsp3) is 0.0625. The van der Waals surface area contributed by atoms with Gasteiger partial charge in [-0.2, -0.15) is 5.10 Å². The minimum Gasteiger partial charge on any atom is -0.380 e. The number of rotatable bonds is 5. The molecule has 1 aliphatic heterocycles. The normalized spacial score (nSPS) is 14.8. The number of nitrogens with one attached hydrogen (secondary N) is 2. The van der Waals surface area contributed by atoms with Gasteiger partial charge >= 0.3 is 0 Å². The number of hydrazone groups is 1. The van der Waals surface area contributed by atoms with Crippen molar-refractivity contribution in [3.05, 3.63) is 60.2 Å². The SMILES string of the molecule is NC1=NN=C(CNC(=O)c2ccncc2)/C1=N/Nc1cccc(F)c1. The summed E-state index contributed by atoms with van der Waals surface area (Å²) in [5.74, 6) is -0.568. The van der Waals surface area contributed by atoms with E-state index in [4.69, 9.17) is 5.73 Å². The smallest absolute Gasteiger partial charge is 0.251 e. The highest BCUT2D eigenvalue weighted by Crippen LogP contribution is 2.09. The third-order valence-corrected chi connectivity index (χ3v) is 3.27. The molecule has 2 heterocycles. The number of carbonyl (C=O) groups is 1. The number of pyridine rings is 1. The Morgan fingerprint density at radius 3 is 2.76 bits per heavy atom. The largest absolute Gasteiger partial charge is 0.380 e. The highest BCUT2D eigenvalue weighted by atomic mass is 19.1. The number of benzene rings is 1. The van der Waals surface area contributed by atoms with Gasteiger partial charge in [0.2, 0.25) is 0 Å². The molecule has 0 saturated carbocycles. The number of hydrogen-bond donors (Lipinski definition) is 3. The molecule has 1 amide bonds. The van der Waals surface area contributed by atoms with Gasteiger partial charge in [-0.3, -0.25) is 15.2 Å². The van der Waals surface area contributed by atoms with E-state index in [1.165, 1.54) is 24.5 Å². The Bertz CT molecular complexity index is 877. The maximum Gasteiger partial charge on any atom is 0.251 e. The second-order valence-corrected chi connectivity index (χ2v) is 5.03. The average Bonchev–Trinajstić information content (AvgIpc) is 2.98. The first-order valence-electron chi connectivity index (χ1n) is 7.32. The van der Waals surface area contributed by atoms with Gasteiger partial charge in [0.25, 0.3) is 5.91 Å². The Hall–Kier alpha value is -3.62. The molecule has 25 heavy (non-hydrogen) atoms. The highest BCUT2D eigenvalue weighted by Gasteiger charge is 2.20. The zero-order valence-corrected chi connectivity index (χ0v) is 13.0. The third-order valence-electron chi connectivity index (χ3n) is 3.27. The molecule has 8 nitrogen and oxygen atoms in total. The van der Waals surface area contributed by atoms with Crippen molar-refractivity contribution in [1.82, 2.24) is 10.3 Å². The van der Waals surface area contributed by atoms with Crippen LogP contribution in [0.25, 0.3) is 0 Å². The van der Waals surface area contributed by atoms with Gasteiger partial charge in [-0.25, -0.2) is 4.39 Å². The second kappa shape index (κ2) is 7.30. The molecule has 1 aromatic carbocycles. The fourth-order valence-corrected chi connectivity index (χ4v) is 2.05. The van der Waals surface area contributed by atoms with Gasteiger partial charge in [0, 0.05) is 18.0 Å². The molecule has 3 rings (SSSR count). The van der Waals surface area contributed by atoms with Gasteiger partial charge in [0.1, 0.15) is 11.5 Å². The lowest BCUT2D eigenvalue weighted by Gasteiger charge is -2.07. The Morgan fingerprint density at radius 1 is 1.20 bits per heavy atom. The molecular formula is C16H14FN7O. The van der Waals surface area contributed by atoms with Crippen molar-refractivity contribution in [2.45, 2.75) is 0 Å². The molecule has 1 aliphatic rings. The summed E-state index contributed by atoms with van der Waals surface area (Å²) in [5.41, 5.74) is 10.0. The summed E-state index contributed by atoms with van der Waals surface area (Å²) in [6.07, 6.45) is 3.05. The van der Waals surface area contributed by atoms with Crippen molar-refractivity contribution < 1.29 is 9.18 Å². The van der Waals surface area contributed by atoms with E-state index in [0.29, 0.717) is 22.7 Å². The summed E-state index contributed by atoms with van der Waals surface area (Å²) >= 11 is 0. The first-order chi connectivity index (χ1) is 12.1. The maximum absolute atomic E-state index is 13.2. The molecule has 0 atom stereocenters. The van der Waals surface area contributed by atoms with Gasteiger partial charge in [-0.1, -0.05) is 6.07 Å². The van der Waals surface area contributed by atoms with E-state index >= 15 is 0 Å². The molecule has 0 saturated heterocycles. The summed E-state index contributed by atoms with van der Waals surface area (Å²) in [6.45, 7) is 0.0923. The van der Waals surface area contributed by atoms with Crippen LogP contribution in [0.4, 0.5) is 10.1 Å².